The molecule has 82 valence electrons. The molecule has 0 radical (unpaired) electrons. The molecule has 0 atom stereocenters. The molecule has 2 N–H and O–H groups in total. The van der Waals surface area contributed by atoms with Gasteiger partial charge in [0, 0.05) is 24.9 Å². The van der Waals surface area contributed by atoms with Crippen LogP contribution in [0.15, 0.2) is 23.0 Å². The van der Waals surface area contributed by atoms with Gasteiger partial charge in [-0.05, 0) is 12.5 Å². The van der Waals surface area contributed by atoms with Crippen molar-refractivity contribution >= 4 is 11.9 Å². The van der Waals surface area contributed by atoms with Crippen LogP contribution in [0.3, 0.4) is 0 Å². The number of carbonyl (C=O) groups excluding carboxylic acids is 1. The van der Waals surface area contributed by atoms with Crippen molar-refractivity contribution in [2.45, 2.75) is 25.8 Å². The highest BCUT2D eigenvalue weighted by Gasteiger charge is 2.03. The summed E-state index contributed by atoms with van der Waals surface area (Å²) in [6, 6.07) is 1.76. The Morgan fingerprint density at radius 1 is 1.40 bits per heavy atom. The summed E-state index contributed by atoms with van der Waals surface area (Å²) < 4.78 is 4.83. The van der Waals surface area contributed by atoms with Crippen LogP contribution in [-0.2, 0) is 16.1 Å². The first-order chi connectivity index (χ1) is 7.18. The Bertz CT molecular complexity index is 318. The predicted molar refractivity (Wildman–Crippen MR) is 52.0 cm³/mol. The van der Waals surface area contributed by atoms with Crippen LogP contribution in [0.2, 0.25) is 0 Å². The summed E-state index contributed by atoms with van der Waals surface area (Å²) in [5, 5.41) is 11.0. The standard InChI is InChI=1S/C10H13NO4/c12-9(2-1-3-10(13)14)11-6-8-4-5-15-7-8/h4-5,7H,1-3,6H2,(H,11,12)(H,13,14). The lowest BCUT2D eigenvalue weighted by Gasteiger charge is -2.01. The number of furan rings is 1. The van der Waals surface area contributed by atoms with E-state index in [0.717, 1.165) is 5.56 Å². The summed E-state index contributed by atoms with van der Waals surface area (Å²) in [7, 11) is 0. The Balaban J connectivity index is 2.11. The van der Waals surface area contributed by atoms with Gasteiger partial charge in [0.05, 0.1) is 12.5 Å². The first-order valence-electron chi connectivity index (χ1n) is 4.68. The van der Waals surface area contributed by atoms with Crippen LogP contribution in [0.25, 0.3) is 0 Å². The average Bonchev–Trinajstić information content (AvgIpc) is 2.66. The number of carbonyl (C=O) groups is 2. The van der Waals surface area contributed by atoms with E-state index >= 15 is 0 Å². The molecule has 0 fully saturated rings. The minimum absolute atomic E-state index is 0.0269. The van der Waals surface area contributed by atoms with Gasteiger partial charge < -0.3 is 14.8 Å². The fourth-order valence-corrected chi connectivity index (χ4v) is 1.08. The molecular weight excluding hydrogens is 198 g/mol. The van der Waals surface area contributed by atoms with Gasteiger partial charge in [0.2, 0.25) is 5.91 Å². The van der Waals surface area contributed by atoms with Crippen LogP contribution in [-0.4, -0.2) is 17.0 Å². The molecule has 0 saturated heterocycles. The number of rotatable bonds is 6. The molecule has 0 aliphatic rings. The number of nitrogens with one attached hydrogen (secondary N) is 1. The second kappa shape index (κ2) is 5.85. The largest absolute Gasteiger partial charge is 0.481 e. The number of hydrogen-bond donors (Lipinski definition) is 2. The highest BCUT2D eigenvalue weighted by atomic mass is 16.4. The first kappa shape index (κ1) is 11.3. The normalized spacial score (nSPS) is 9.87. The van der Waals surface area contributed by atoms with Crippen molar-refractivity contribution < 1.29 is 19.1 Å². The zero-order valence-corrected chi connectivity index (χ0v) is 8.23. The molecule has 15 heavy (non-hydrogen) atoms. The summed E-state index contributed by atoms with van der Waals surface area (Å²) >= 11 is 0. The Labute approximate surface area is 87.1 Å². The summed E-state index contributed by atoms with van der Waals surface area (Å²) in [5.41, 5.74) is 0.890. The second-order valence-corrected chi connectivity index (χ2v) is 3.16. The predicted octanol–water partition coefficient (Wildman–Crippen LogP) is 1.15. The highest BCUT2D eigenvalue weighted by Crippen LogP contribution is 2.00. The van der Waals surface area contributed by atoms with E-state index in [1.54, 1.807) is 12.3 Å². The monoisotopic (exact) mass is 211 g/mol. The Morgan fingerprint density at radius 3 is 2.80 bits per heavy atom. The molecule has 1 heterocycles. The van der Waals surface area contributed by atoms with E-state index in [9.17, 15) is 9.59 Å². The third-order valence-electron chi connectivity index (χ3n) is 1.86. The quantitative estimate of drug-likeness (QED) is 0.739. The highest BCUT2D eigenvalue weighted by molar-refractivity contribution is 5.76. The molecule has 0 saturated carbocycles. The van der Waals surface area contributed by atoms with Gasteiger partial charge in [-0.25, -0.2) is 0 Å². The average molecular weight is 211 g/mol. The molecule has 1 aromatic rings. The van der Waals surface area contributed by atoms with Gasteiger partial charge in [-0.2, -0.15) is 0 Å². The molecule has 1 rings (SSSR count). The summed E-state index contributed by atoms with van der Waals surface area (Å²) in [5.74, 6) is -1.02. The smallest absolute Gasteiger partial charge is 0.303 e. The Hall–Kier alpha value is -1.78. The van der Waals surface area contributed by atoms with Gasteiger partial charge in [0.25, 0.3) is 0 Å². The molecule has 1 aromatic heterocycles. The van der Waals surface area contributed by atoms with Crippen LogP contribution in [0.4, 0.5) is 0 Å². The minimum Gasteiger partial charge on any atom is -0.481 e. The lowest BCUT2D eigenvalue weighted by molar-refractivity contribution is -0.137. The van der Waals surface area contributed by atoms with Gasteiger partial charge in [-0.3, -0.25) is 9.59 Å². The van der Waals surface area contributed by atoms with Crippen molar-refractivity contribution in [3.05, 3.63) is 24.2 Å². The van der Waals surface area contributed by atoms with Gasteiger partial charge in [0.1, 0.15) is 0 Å². The van der Waals surface area contributed by atoms with E-state index in [1.807, 2.05) is 0 Å². The van der Waals surface area contributed by atoms with Crippen molar-refractivity contribution in [2.24, 2.45) is 0 Å². The van der Waals surface area contributed by atoms with Crippen molar-refractivity contribution in [1.29, 1.82) is 0 Å². The maximum absolute atomic E-state index is 11.2. The van der Waals surface area contributed by atoms with E-state index in [-0.39, 0.29) is 18.7 Å². The van der Waals surface area contributed by atoms with Crippen molar-refractivity contribution in [3.63, 3.8) is 0 Å². The summed E-state index contributed by atoms with van der Waals surface area (Å²) in [4.78, 5) is 21.4. The summed E-state index contributed by atoms with van der Waals surface area (Å²) in [6.45, 7) is 0.419. The van der Waals surface area contributed by atoms with E-state index in [1.165, 1.54) is 6.26 Å². The van der Waals surface area contributed by atoms with Crippen LogP contribution >= 0.6 is 0 Å². The lowest BCUT2D eigenvalue weighted by atomic mass is 10.2. The van der Waals surface area contributed by atoms with E-state index in [2.05, 4.69) is 5.32 Å². The molecule has 5 heteroatoms. The van der Waals surface area contributed by atoms with Crippen LogP contribution < -0.4 is 5.32 Å². The fraction of sp³-hybridized carbons (Fsp3) is 0.400. The minimum atomic E-state index is -0.877. The maximum Gasteiger partial charge on any atom is 0.303 e. The second-order valence-electron chi connectivity index (χ2n) is 3.16. The van der Waals surface area contributed by atoms with Gasteiger partial charge >= 0.3 is 5.97 Å². The Morgan fingerprint density at radius 2 is 2.20 bits per heavy atom. The van der Waals surface area contributed by atoms with Crippen LogP contribution in [0.1, 0.15) is 24.8 Å². The number of carboxylic acid groups (broad SMARTS) is 1. The fourth-order valence-electron chi connectivity index (χ4n) is 1.08. The Kier molecular flexibility index (Phi) is 4.40. The van der Waals surface area contributed by atoms with Crippen molar-refractivity contribution in [2.75, 3.05) is 0 Å². The molecular formula is C10H13NO4. The number of carboxylic acids is 1. The van der Waals surface area contributed by atoms with E-state index in [4.69, 9.17) is 9.52 Å². The first-order valence-corrected chi connectivity index (χ1v) is 4.68. The van der Waals surface area contributed by atoms with E-state index in [0.29, 0.717) is 13.0 Å². The third-order valence-corrected chi connectivity index (χ3v) is 1.86. The molecule has 0 spiro atoms. The van der Waals surface area contributed by atoms with Gasteiger partial charge in [-0.1, -0.05) is 0 Å². The van der Waals surface area contributed by atoms with Crippen LogP contribution in [0.5, 0.6) is 0 Å². The molecule has 1 amide bonds. The SMILES string of the molecule is O=C(O)CCCC(=O)NCc1ccoc1. The van der Waals surface area contributed by atoms with Crippen molar-refractivity contribution in [1.82, 2.24) is 5.32 Å². The van der Waals surface area contributed by atoms with Gasteiger partial charge in [0.15, 0.2) is 0 Å². The zero-order chi connectivity index (χ0) is 11.1. The molecule has 0 bridgehead atoms. The molecule has 0 aromatic carbocycles. The van der Waals surface area contributed by atoms with Crippen LogP contribution in [0, 0.1) is 0 Å². The van der Waals surface area contributed by atoms with Crippen molar-refractivity contribution in [3.8, 4) is 0 Å². The number of hydrogen-bond acceptors (Lipinski definition) is 3. The van der Waals surface area contributed by atoms with E-state index < -0.39 is 5.97 Å². The molecule has 0 unspecified atom stereocenters. The maximum atomic E-state index is 11.2. The third kappa shape index (κ3) is 4.85. The van der Waals surface area contributed by atoms with Gasteiger partial charge in [-0.15, -0.1) is 0 Å². The zero-order valence-electron chi connectivity index (χ0n) is 8.23. The molecule has 0 aliphatic heterocycles. The molecule has 0 aliphatic carbocycles. The number of aliphatic carboxylic acids is 1. The lowest BCUT2D eigenvalue weighted by Crippen LogP contribution is -2.22. The molecule has 5 nitrogen and oxygen atoms in total. The summed E-state index contributed by atoms with van der Waals surface area (Å²) in [6.07, 6.45) is 3.72. The topological polar surface area (TPSA) is 79.5 Å². The number of amides is 1.